The van der Waals surface area contributed by atoms with Gasteiger partial charge in [-0.2, -0.15) is 0 Å². The Morgan fingerprint density at radius 3 is 2.61 bits per heavy atom. The van der Waals surface area contributed by atoms with Crippen molar-refractivity contribution in [1.29, 1.82) is 0 Å². The van der Waals surface area contributed by atoms with Crippen LogP contribution >= 0.6 is 11.6 Å². The molecule has 0 aromatic rings. The fourth-order valence-electron chi connectivity index (χ4n) is 7.42. The highest BCUT2D eigenvalue weighted by Gasteiger charge is 2.74. The number of esters is 1. The van der Waals surface area contributed by atoms with Gasteiger partial charge < -0.3 is 14.9 Å². The van der Waals surface area contributed by atoms with Gasteiger partial charge in [-0.1, -0.05) is 32.4 Å². The smallest absolute Gasteiger partial charge is 0.303 e. The van der Waals surface area contributed by atoms with E-state index in [2.05, 4.69) is 0 Å². The van der Waals surface area contributed by atoms with E-state index in [9.17, 15) is 24.6 Å². The zero-order chi connectivity index (χ0) is 23.0. The molecule has 170 valence electrons. The quantitative estimate of drug-likeness (QED) is 0.506. The van der Waals surface area contributed by atoms with Gasteiger partial charge in [0, 0.05) is 17.8 Å². The molecule has 6 nitrogen and oxygen atoms in total. The number of hydrogen-bond donors (Lipinski definition) is 2. The second kappa shape index (κ2) is 7.00. The van der Waals surface area contributed by atoms with Crippen LogP contribution in [0.1, 0.15) is 53.4 Å². The third-order valence-corrected chi connectivity index (χ3v) is 9.98. The topological polar surface area (TPSA) is 101 Å². The molecule has 0 radical (unpaired) electrons. The normalized spacial score (nSPS) is 48.4. The highest BCUT2D eigenvalue weighted by molar-refractivity contribution is 6.26. The monoisotopic (exact) mass is 450 g/mol. The van der Waals surface area contributed by atoms with E-state index in [1.54, 1.807) is 6.08 Å². The molecule has 3 fully saturated rings. The molecule has 0 amide bonds. The molecule has 0 spiro atoms. The summed E-state index contributed by atoms with van der Waals surface area (Å²) in [5.74, 6) is -1.79. The van der Waals surface area contributed by atoms with Gasteiger partial charge in [0.2, 0.25) is 5.78 Å². The number of hydrogen-bond acceptors (Lipinski definition) is 6. The van der Waals surface area contributed by atoms with Gasteiger partial charge in [0.25, 0.3) is 0 Å². The van der Waals surface area contributed by atoms with Crippen LogP contribution in [0.5, 0.6) is 0 Å². The number of aliphatic hydroxyl groups excluding tert-OH is 1. The Bertz CT molecular complexity index is 910. The molecule has 31 heavy (non-hydrogen) atoms. The molecule has 0 aliphatic heterocycles. The Morgan fingerprint density at radius 1 is 1.29 bits per heavy atom. The van der Waals surface area contributed by atoms with E-state index in [-0.39, 0.29) is 30.0 Å². The molecule has 0 bridgehead atoms. The highest BCUT2D eigenvalue weighted by Crippen LogP contribution is 2.71. The lowest BCUT2D eigenvalue weighted by Gasteiger charge is -2.63. The van der Waals surface area contributed by atoms with Crippen LogP contribution in [0.3, 0.4) is 0 Å². The fraction of sp³-hybridized carbons (Fsp3) is 0.708. The van der Waals surface area contributed by atoms with Crippen molar-refractivity contribution in [2.75, 3.05) is 6.61 Å². The largest absolute Gasteiger partial charge is 0.458 e. The van der Waals surface area contributed by atoms with Crippen LogP contribution in [0.4, 0.5) is 0 Å². The van der Waals surface area contributed by atoms with Gasteiger partial charge in [-0.25, -0.2) is 0 Å². The van der Waals surface area contributed by atoms with E-state index in [0.29, 0.717) is 19.3 Å². The van der Waals surface area contributed by atoms with E-state index in [4.69, 9.17) is 16.3 Å². The maximum atomic E-state index is 13.1. The Kier molecular flexibility index (Phi) is 5.12. The molecular formula is C24H31ClO6. The number of allylic oxidation sites excluding steroid dienone is 4. The standard InChI is InChI=1S/C24H31ClO6/c1-13-9-18-17-6-5-15-10-16(27)7-8-21(15,3)23(17,25)19(28)11-22(18,4)24(13,30)20(29)12-31-14(2)26/h7-8,10,13,17-19,28,30H,5-6,9,11-12H2,1-4H3/t13?,17-,18-,19?,21-,22-,23-,24-/m0/s1. The van der Waals surface area contributed by atoms with E-state index < -0.39 is 45.8 Å². The number of fused-ring (bicyclic) bond motifs is 5. The summed E-state index contributed by atoms with van der Waals surface area (Å²) in [6, 6.07) is 0. The second-order valence-electron chi connectivity index (χ2n) is 10.4. The highest BCUT2D eigenvalue weighted by atomic mass is 35.5. The first-order valence-electron chi connectivity index (χ1n) is 11.0. The molecular weight excluding hydrogens is 420 g/mol. The molecule has 4 rings (SSSR count). The van der Waals surface area contributed by atoms with Gasteiger partial charge in [-0.3, -0.25) is 14.4 Å². The van der Waals surface area contributed by atoms with Crippen LogP contribution in [-0.2, 0) is 19.1 Å². The third-order valence-electron chi connectivity index (χ3n) is 9.05. The van der Waals surface area contributed by atoms with Crippen LogP contribution in [0.2, 0.25) is 0 Å². The summed E-state index contributed by atoms with van der Waals surface area (Å²) in [4.78, 5) is 35.3. The molecule has 0 aromatic heterocycles. The van der Waals surface area contributed by atoms with E-state index in [1.807, 2.05) is 26.8 Å². The Hall–Kier alpha value is -1.50. The predicted molar refractivity (Wildman–Crippen MR) is 114 cm³/mol. The number of carbonyl (C=O) groups is 3. The number of aliphatic hydroxyl groups is 2. The second-order valence-corrected chi connectivity index (χ2v) is 11.0. The Balaban J connectivity index is 1.76. The van der Waals surface area contributed by atoms with Gasteiger partial charge in [-0.15, -0.1) is 11.6 Å². The van der Waals surface area contributed by atoms with Crippen molar-refractivity contribution in [1.82, 2.24) is 0 Å². The minimum atomic E-state index is -1.72. The first kappa shape index (κ1) is 22.7. The summed E-state index contributed by atoms with van der Waals surface area (Å²) in [6.45, 7) is 6.42. The van der Waals surface area contributed by atoms with Gasteiger partial charge in [0.05, 0.1) is 11.0 Å². The number of alkyl halides is 1. The zero-order valence-corrected chi connectivity index (χ0v) is 19.2. The lowest BCUT2D eigenvalue weighted by atomic mass is 9.45. The van der Waals surface area contributed by atoms with Crippen molar-refractivity contribution in [2.45, 2.75) is 70.0 Å². The van der Waals surface area contributed by atoms with Crippen molar-refractivity contribution in [3.63, 3.8) is 0 Å². The van der Waals surface area contributed by atoms with Crippen LogP contribution in [0, 0.1) is 28.6 Å². The minimum Gasteiger partial charge on any atom is -0.458 e. The van der Waals surface area contributed by atoms with Crippen LogP contribution in [-0.4, -0.2) is 50.9 Å². The fourth-order valence-corrected chi connectivity index (χ4v) is 7.94. The zero-order valence-electron chi connectivity index (χ0n) is 18.5. The molecule has 8 atom stereocenters. The lowest BCUT2D eigenvalue weighted by Crippen LogP contribution is -2.69. The number of halogens is 1. The summed E-state index contributed by atoms with van der Waals surface area (Å²) in [6.07, 6.45) is 6.07. The van der Waals surface area contributed by atoms with Crippen molar-refractivity contribution < 1.29 is 29.3 Å². The molecule has 0 aromatic carbocycles. The number of Topliss-reactive ketones (excluding diaryl/α,β-unsaturated/α-hetero) is 1. The Labute approximate surface area is 187 Å². The molecule has 7 heteroatoms. The summed E-state index contributed by atoms with van der Waals surface area (Å²) in [5.41, 5.74) is -2.38. The van der Waals surface area contributed by atoms with E-state index >= 15 is 0 Å². The number of rotatable bonds is 3. The first-order valence-corrected chi connectivity index (χ1v) is 11.4. The first-order chi connectivity index (χ1) is 14.3. The van der Waals surface area contributed by atoms with Crippen molar-refractivity contribution >= 4 is 29.1 Å². The summed E-state index contributed by atoms with van der Waals surface area (Å²) in [5, 5.41) is 23.2. The average molecular weight is 451 g/mol. The maximum absolute atomic E-state index is 13.1. The van der Waals surface area contributed by atoms with Gasteiger partial charge in [0.1, 0.15) is 5.60 Å². The van der Waals surface area contributed by atoms with E-state index in [0.717, 1.165) is 5.57 Å². The van der Waals surface area contributed by atoms with Gasteiger partial charge >= 0.3 is 5.97 Å². The predicted octanol–water partition coefficient (Wildman–Crippen LogP) is 2.74. The van der Waals surface area contributed by atoms with Crippen molar-refractivity contribution in [3.8, 4) is 0 Å². The Morgan fingerprint density at radius 2 is 1.97 bits per heavy atom. The van der Waals surface area contributed by atoms with Gasteiger partial charge in [-0.05, 0) is 55.6 Å². The van der Waals surface area contributed by atoms with Crippen LogP contribution in [0.15, 0.2) is 23.8 Å². The minimum absolute atomic E-state index is 0.0683. The molecule has 3 saturated carbocycles. The summed E-state index contributed by atoms with van der Waals surface area (Å²) < 4.78 is 4.92. The van der Waals surface area contributed by atoms with Crippen molar-refractivity contribution in [3.05, 3.63) is 23.8 Å². The van der Waals surface area contributed by atoms with E-state index in [1.165, 1.54) is 13.0 Å². The number of ketones is 2. The van der Waals surface area contributed by atoms with Crippen LogP contribution < -0.4 is 0 Å². The molecule has 4 aliphatic rings. The molecule has 0 heterocycles. The molecule has 0 saturated heterocycles. The average Bonchev–Trinajstić information content (AvgIpc) is 2.89. The molecule has 2 N–H and O–H groups in total. The SMILES string of the molecule is CC(=O)OCC(=O)[C@@]1(O)C(C)C[C@H]2[C@@H]3CCC4=CC(=O)C=C[C@]4(C)[C@@]3(Cl)C(O)C[C@@]21C. The lowest BCUT2D eigenvalue weighted by molar-refractivity contribution is -0.182. The van der Waals surface area contributed by atoms with Crippen molar-refractivity contribution in [2.24, 2.45) is 28.6 Å². The molecule has 4 aliphatic carbocycles. The number of ether oxygens (including phenoxy) is 1. The maximum Gasteiger partial charge on any atom is 0.303 e. The summed E-state index contributed by atoms with van der Waals surface area (Å²) in [7, 11) is 0. The molecule has 2 unspecified atom stereocenters. The van der Waals surface area contributed by atoms with Gasteiger partial charge in [0.15, 0.2) is 12.4 Å². The number of carbonyl (C=O) groups excluding carboxylic acids is 3. The third kappa shape index (κ3) is 2.74. The summed E-state index contributed by atoms with van der Waals surface area (Å²) >= 11 is 7.35. The van der Waals surface area contributed by atoms with Crippen LogP contribution in [0.25, 0.3) is 0 Å².